The highest BCUT2D eigenvalue weighted by atomic mass is 19.1. The third-order valence-electron chi connectivity index (χ3n) is 4.44. The van der Waals surface area contributed by atoms with E-state index in [9.17, 15) is 14.0 Å². The first-order valence-corrected chi connectivity index (χ1v) is 9.18. The molecule has 0 saturated carbocycles. The van der Waals surface area contributed by atoms with Crippen molar-refractivity contribution in [2.45, 2.75) is 52.6 Å². The van der Waals surface area contributed by atoms with E-state index >= 15 is 0 Å². The van der Waals surface area contributed by atoms with Crippen LogP contribution in [0.2, 0.25) is 0 Å². The maximum Gasteiger partial charge on any atom is 0.410 e. The fraction of sp³-hybridized carbons (Fsp3) is 0.600. The predicted molar refractivity (Wildman–Crippen MR) is 98.6 cm³/mol. The summed E-state index contributed by atoms with van der Waals surface area (Å²) in [5.41, 5.74) is 0.347. The third kappa shape index (κ3) is 6.00. The van der Waals surface area contributed by atoms with Crippen molar-refractivity contribution in [1.82, 2.24) is 10.2 Å². The molecule has 0 aliphatic carbocycles. The van der Waals surface area contributed by atoms with Gasteiger partial charge in [0.1, 0.15) is 11.4 Å². The predicted octanol–water partition coefficient (Wildman–Crippen LogP) is 3.90. The lowest BCUT2D eigenvalue weighted by Crippen LogP contribution is -2.43. The van der Waals surface area contributed by atoms with E-state index < -0.39 is 5.60 Å². The van der Waals surface area contributed by atoms with Crippen LogP contribution in [-0.4, -0.2) is 42.1 Å². The molecular formula is C20H29FN2O3. The van der Waals surface area contributed by atoms with Crippen molar-refractivity contribution in [3.63, 3.8) is 0 Å². The number of nitrogens with zero attached hydrogens (tertiary/aromatic N) is 1. The van der Waals surface area contributed by atoms with Crippen molar-refractivity contribution in [2.24, 2.45) is 5.92 Å². The number of piperidine rings is 1. The molecule has 2 rings (SSSR count). The molecule has 0 aromatic heterocycles. The van der Waals surface area contributed by atoms with E-state index in [1.54, 1.807) is 24.0 Å². The van der Waals surface area contributed by atoms with E-state index in [4.69, 9.17) is 4.74 Å². The molecule has 2 amide bonds. The molecule has 1 aromatic carbocycles. The lowest BCUT2D eigenvalue weighted by molar-refractivity contribution is 0.0161. The average Bonchev–Trinajstić information content (AvgIpc) is 2.56. The molecule has 5 nitrogen and oxygen atoms in total. The average molecular weight is 364 g/mol. The number of carbonyl (C=O) groups excluding carboxylic acids is 2. The highest BCUT2D eigenvalue weighted by Gasteiger charge is 2.27. The van der Waals surface area contributed by atoms with E-state index in [1.165, 1.54) is 6.07 Å². The summed E-state index contributed by atoms with van der Waals surface area (Å²) in [6.07, 6.45) is 2.45. The van der Waals surface area contributed by atoms with Crippen LogP contribution in [0.3, 0.4) is 0 Å². The van der Waals surface area contributed by atoms with Gasteiger partial charge in [-0.1, -0.05) is 6.07 Å². The summed E-state index contributed by atoms with van der Waals surface area (Å²) in [6.45, 7) is 9.09. The summed E-state index contributed by atoms with van der Waals surface area (Å²) >= 11 is 0. The van der Waals surface area contributed by atoms with Gasteiger partial charge in [-0.2, -0.15) is 0 Å². The van der Waals surface area contributed by atoms with Crippen molar-refractivity contribution >= 4 is 12.0 Å². The van der Waals surface area contributed by atoms with Crippen LogP contribution in [0.25, 0.3) is 0 Å². The first kappa shape index (κ1) is 20.2. The van der Waals surface area contributed by atoms with Gasteiger partial charge in [-0.15, -0.1) is 0 Å². The lowest BCUT2D eigenvalue weighted by atomic mass is 9.95. The van der Waals surface area contributed by atoms with Crippen LogP contribution >= 0.6 is 0 Å². The number of likely N-dealkylation sites (tertiary alicyclic amines) is 1. The maximum atomic E-state index is 13.6. The highest BCUT2D eigenvalue weighted by molar-refractivity contribution is 5.94. The van der Waals surface area contributed by atoms with Crippen molar-refractivity contribution in [3.8, 4) is 0 Å². The molecule has 144 valence electrons. The first-order valence-electron chi connectivity index (χ1n) is 9.18. The van der Waals surface area contributed by atoms with Crippen LogP contribution in [-0.2, 0) is 4.74 Å². The quantitative estimate of drug-likeness (QED) is 0.881. The molecule has 1 saturated heterocycles. The Labute approximate surface area is 154 Å². The summed E-state index contributed by atoms with van der Waals surface area (Å²) in [4.78, 5) is 26.0. The van der Waals surface area contributed by atoms with Crippen LogP contribution < -0.4 is 5.32 Å². The summed E-state index contributed by atoms with van der Waals surface area (Å²) in [7, 11) is 0. The van der Waals surface area contributed by atoms with Crippen LogP contribution in [0.4, 0.5) is 9.18 Å². The first-order chi connectivity index (χ1) is 12.2. The summed E-state index contributed by atoms with van der Waals surface area (Å²) in [5, 5.41) is 2.83. The van der Waals surface area contributed by atoms with Gasteiger partial charge >= 0.3 is 6.09 Å². The minimum absolute atomic E-state index is 0.274. The monoisotopic (exact) mass is 364 g/mol. The largest absolute Gasteiger partial charge is 0.444 e. The topological polar surface area (TPSA) is 58.6 Å². The van der Waals surface area contributed by atoms with Gasteiger partial charge in [-0.3, -0.25) is 4.79 Å². The number of halogens is 1. The third-order valence-corrected chi connectivity index (χ3v) is 4.44. The Morgan fingerprint density at radius 2 is 2.08 bits per heavy atom. The van der Waals surface area contributed by atoms with Gasteiger partial charge in [0.15, 0.2) is 0 Å². The number of hydrogen-bond acceptors (Lipinski definition) is 3. The second kappa shape index (κ2) is 8.52. The van der Waals surface area contributed by atoms with Crippen LogP contribution in [0.1, 0.15) is 56.0 Å². The molecular weight excluding hydrogens is 335 g/mol. The lowest BCUT2D eigenvalue weighted by Gasteiger charge is -2.34. The van der Waals surface area contributed by atoms with E-state index in [1.807, 2.05) is 20.8 Å². The van der Waals surface area contributed by atoms with Gasteiger partial charge in [-0.05, 0) is 70.6 Å². The van der Waals surface area contributed by atoms with E-state index in [-0.39, 0.29) is 17.8 Å². The second-order valence-electron chi connectivity index (χ2n) is 7.94. The molecule has 1 aliphatic rings. The second-order valence-corrected chi connectivity index (χ2v) is 7.94. The molecule has 0 bridgehead atoms. The Morgan fingerprint density at radius 1 is 1.35 bits per heavy atom. The fourth-order valence-electron chi connectivity index (χ4n) is 3.02. The Hall–Kier alpha value is -2.11. The molecule has 1 aromatic rings. The number of benzene rings is 1. The standard InChI is InChI=1S/C20H29FN2O3/c1-14-7-8-16(12-17(14)21)18(24)22-10-9-15-6-5-11-23(13-15)19(25)26-20(2,3)4/h7-8,12,15H,5-6,9-11,13H2,1-4H3,(H,22,24). The molecule has 1 N–H and O–H groups in total. The van der Waals surface area contributed by atoms with Crippen molar-refractivity contribution in [3.05, 3.63) is 35.1 Å². The summed E-state index contributed by atoms with van der Waals surface area (Å²) in [6, 6.07) is 4.48. The molecule has 1 unspecified atom stereocenters. The van der Waals surface area contributed by atoms with Gasteiger partial charge in [0.25, 0.3) is 5.91 Å². The zero-order chi connectivity index (χ0) is 19.3. The SMILES string of the molecule is Cc1ccc(C(=O)NCCC2CCCN(C(=O)OC(C)(C)C)C2)cc1F. The summed E-state index contributed by atoms with van der Waals surface area (Å²) in [5.74, 6) is -0.326. The fourth-order valence-corrected chi connectivity index (χ4v) is 3.02. The number of carbonyl (C=O) groups is 2. The van der Waals surface area contributed by atoms with Gasteiger partial charge in [0, 0.05) is 25.2 Å². The highest BCUT2D eigenvalue weighted by Crippen LogP contribution is 2.21. The van der Waals surface area contributed by atoms with Gasteiger partial charge in [-0.25, -0.2) is 9.18 Å². The number of aryl methyl sites for hydroxylation is 1. The van der Waals surface area contributed by atoms with E-state index in [0.29, 0.717) is 36.7 Å². The summed E-state index contributed by atoms with van der Waals surface area (Å²) < 4.78 is 19.0. The molecule has 26 heavy (non-hydrogen) atoms. The Balaban J connectivity index is 1.79. The van der Waals surface area contributed by atoms with Crippen molar-refractivity contribution in [2.75, 3.05) is 19.6 Å². The normalized spacial score (nSPS) is 17.7. The van der Waals surface area contributed by atoms with Gasteiger partial charge in [0.2, 0.25) is 0 Å². The minimum Gasteiger partial charge on any atom is -0.444 e. The molecule has 0 spiro atoms. The minimum atomic E-state index is -0.499. The number of rotatable bonds is 4. The van der Waals surface area contributed by atoms with E-state index in [2.05, 4.69) is 5.32 Å². The molecule has 0 radical (unpaired) electrons. The van der Waals surface area contributed by atoms with Gasteiger partial charge < -0.3 is 15.0 Å². The number of amides is 2. The molecule has 1 atom stereocenters. The Bertz CT molecular complexity index is 655. The number of nitrogens with one attached hydrogen (secondary N) is 1. The molecule has 6 heteroatoms. The molecule has 1 fully saturated rings. The zero-order valence-electron chi connectivity index (χ0n) is 16.1. The molecule has 1 heterocycles. The number of ether oxygens (including phenoxy) is 1. The Morgan fingerprint density at radius 3 is 2.73 bits per heavy atom. The zero-order valence-corrected chi connectivity index (χ0v) is 16.1. The van der Waals surface area contributed by atoms with Crippen molar-refractivity contribution in [1.29, 1.82) is 0 Å². The smallest absolute Gasteiger partial charge is 0.410 e. The van der Waals surface area contributed by atoms with E-state index in [0.717, 1.165) is 19.3 Å². The number of hydrogen-bond donors (Lipinski definition) is 1. The van der Waals surface area contributed by atoms with Crippen molar-refractivity contribution < 1.29 is 18.7 Å². The molecule has 1 aliphatic heterocycles. The van der Waals surface area contributed by atoms with Crippen LogP contribution in [0.15, 0.2) is 18.2 Å². The Kier molecular flexibility index (Phi) is 6.62. The van der Waals surface area contributed by atoms with Gasteiger partial charge in [0.05, 0.1) is 0 Å². The van der Waals surface area contributed by atoms with Crippen LogP contribution in [0.5, 0.6) is 0 Å². The maximum absolute atomic E-state index is 13.6. The van der Waals surface area contributed by atoms with Crippen LogP contribution in [0, 0.1) is 18.7 Å².